The smallest absolute Gasteiger partial charge is 0.199 e. The van der Waals surface area contributed by atoms with Crippen LogP contribution in [0.25, 0.3) is 22.3 Å². The van der Waals surface area contributed by atoms with Crippen LogP contribution in [-0.2, 0) is 13.2 Å². The first-order valence-corrected chi connectivity index (χ1v) is 13.0. The highest BCUT2D eigenvalue weighted by Crippen LogP contribution is 2.35. The third-order valence-corrected chi connectivity index (χ3v) is 7.75. The molecule has 6 rings (SSSR count). The van der Waals surface area contributed by atoms with Crippen LogP contribution < -0.4 is 0 Å². The molecule has 1 fully saturated rings. The number of likely N-dealkylation sites (tertiary alicyclic amines) is 1. The molecule has 1 saturated heterocycles. The second-order valence-electron chi connectivity index (χ2n) is 9.66. The zero-order valence-corrected chi connectivity index (χ0v) is 21.3. The normalized spacial score (nSPS) is 15.0. The summed E-state index contributed by atoms with van der Waals surface area (Å²) in [4.78, 5) is 10.2. The standard InChI is InChI=1S/C29H30N6S/c1-21-27(25-9-5-6-10-26(25)31-21)23-13-17-33(18-14-23)20-35-29(36)34(19-22-7-3-2-4-8-22)28(32-35)24-11-15-30-16-12-24/h2-12,15-16,23,31H,13-14,17-20H2,1H3. The highest BCUT2D eigenvalue weighted by Gasteiger charge is 2.25. The monoisotopic (exact) mass is 494 g/mol. The van der Waals surface area contributed by atoms with E-state index in [-0.39, 0.29) is 0 Å². The molecule has 6 nitrogen and oxygen atoms in total. The number of nitrogens with one attached hydrogen (secondary N) is 1. The molecule has 0 atom stereocenters. The van der Waals surface area contributed by atoms with Crippen molar-refractivity contribution in [1.29, 1.82) is 0 Å². The Hall–Kier alpha value is -3.55. The third-order valence-electron chi connectivity index (χ3n) is 7.32. The fraction of sp³-hybridized carbons (Fsp3) is 0.276. The van der Waals surface area contributed by atoms with E-state index in [2.05, 4.69) is 74.9 Å². The summed E-state index contributed by atoms with van der Waals surface area (Å²) in [6, 6.07) is 23.1. The Morgan fingerprint density at radius 2 is 1.67 bits per heavy atom. The van der Waals surface area contributed by atoms with Crippen LogP contribution in [0.5, 0.6) is 0 Å². The van der Waals surface area contributed by atoms with Gasteiger partial charge in [0.1, 0.15) is 0 Å². The van der Waals surface area contributed by atoms with Crippen molar-refractivity contribution in [1.82, 2.24) is 29.2 Å². The number of H-pyrrole nitrogens is 1. The van der Waals surface area contributed by atoms with Gasteiger partial charge in [-0.3, -0.25) is 14.5 Å². The van der Waals surface area contributed by atoms with Crippen LogP contribution in [-0.4, -0.2) is 42.3 Å². The molecule has 0 radical (unpaired) electrons. The minimum Gasteiger partial charge on any atom is -0.358 e. The fourth-order valence-electron chi connectivity index (χ4n) is 5.53. The third kappa shape index (κ3) is 4.40. The van der Waals surface area contributed by atoms with Crippen LogP contribution >= 0.6 is 12.2 Å². The van der Waals surface area contributed by atoms with E-state index in [0.29, 0.717) is 19.1 Å². The highest BCUT2D eigenvalue weighted by atomic mass is 32.1. The molecule has 0 amide bonds. The summed E-state index contributed by atoms with van der Waals surface area (Å²) < 4.78 is 4.88. The predicted octanol–water partition coefficient (Wildman–Crippen LogP) is 6.15. The van der Waals surface area contributed by atoms with Crippen molar-refractivity contribution >= 4 is 23.1 Å². The minimum absolute atomic E-state index is 0.577. The van der Waals surface area contributed by atoms with Crippen molar-refractivity contribution in [3.8, 4) is 11.4 Å². The first kappa shape index (κ1) is 22.9. The van der Waals surface area contributed by atoms with Crippen LogP contribution in [0.2, 0.25) is 0 Å². The van der Waals surface area contributed by atoms with Crippen LogP contribution in [0.4, 0.5) is 0 Å². The Morgan fingerprint density at radius 1 is 0.944 bits per heavy atom. The number of benzene rings is 2. The van der Waals surface area contributed by atoms with Crippen LogP contribution in [0.15, 0.2) is 79.1 Å². The van der Waals surface area contributed by atoms with Crippen LogP contribution in [0.3, 0.4) is 0 Å². The van der Waals surface area contributed by atoms with Gasteiger partial charge in [-0.1, -0.05) is 48.5 Å². The molecule has 1 aliphatic heterocycles. The molecule has 7 heteroatoms. The molecule has 1 N–H and O–H groups in total. The Morgan fingerprint density at radius 3 is 2.44 bits per heavy atom. The van der Waals surface area contributed by atoms with E-state index in [1.807, 2.05) is 35.3 Å². The van der Waals surface area contributed by atoms with Gasteiger partial charge in [-0.2, -0.15) is 5.10 Å². The number of para-hydroxylation sites is 1. The number of nitrogens with zero attached hydrogens (tertiary/aromatic N) is 5. The van der Waals surface area contributed by atoms with Gasteiger partial charge < -0.3 is 4.98 Å². The van der Waals surface area contributed by atoms with Crippen molar-refractivity contribution in [2.24, 2.45) is 0 Å². The van der Waals surface area contributed by atoms with Crippen molar-refractivity contribution < 1.29 is 0 Å². The van der Waals surface area contributed by atoms with Gasteiger partial charge in [0, 0.05) is 47.6 Å². The summed E-state index contributed by atoms with van der Waals surface area (Å²) >= 11 is 5.96. The molecule has 0 spiro atoms. The van der Waals surface area contributed by atoms with Gasteiger partial charge in [0.25, 0.3) is 0 Å². The summed E-state index contributed by atoms with van der Waals surface area (Å²) in [6.45, 7) is 5.67. The van der Waals surface area contributed by atoms with E-state index in [0.717, 1.165) is 42.1 Å². The number of aryl methyl sites for hydroxylation is 1. The van der Waals surface area contributed by atoms with Crippen molar-refractivity contribution in [3.63, 3.8) is 0 Å². The number of aromatic nitrogens is 5. The van der Waals surface area contributed by atoms with Crippen molar-refractivity contribution in [2.75, 3.05) is 13.1 Å². The lowest BCUT2D eigenvalue weighted by molar-refractivity contribution is 0.160. The van der Waals surface area contributed by atoms with Gasteiger partial charge in [-0.15, -0.1) is 0 Å². The number of aromatic amines is 1. The van der Waals surface area contributed by atoms with E-state index in [9.17, 15) is 0 Å². The maximum atomic E-state index is 5.96. The lowest BCUT2D eigenvalue weighted by Gasteiger charge is -2.32. The predicted molar refractivity (Wildman–Crippen MR) is 146 cm³/mol. The molecule has 0 saturated carbocycles. The largest absolute Gasteiger partial charge is 0.358 e. The molecule has 0 bridgehead atoms. The summed E-state index contributed by atoms with van der Waals surface area (Å²) in [5, 5.41) is 6.37. The lowest BCUT2D eigenvalue weighted by atomic mass is 9.87. The molecule has 4 heterocycles. The lowest BCUT2D eigenvalue weighted by Crippen LogP contribution is -2.35. The Balaban J connectivity index is 1.23. The molecule has 1 aliphatic rings. The molecule has 3 aromatic heterocycles. The molecule has 36 heavy (non-hydrogen) atoms. The molecular weight excluding hydrogens is 464 g/mol. The molecule has 182 valence electrons. The quantitative estimate of drug-likeness (QED) is 0.288. The zero-order chi connectivity index (χ0) is 24.5. The fourth-order valence-corrected chi connectivity index (χ4v) is 5.78. The Bertz CT molecular complexity index is 1520. The van der Waals surface area contributed by atoms with Gasteiger partial charge in [-0.25, -0.2) is 4.68 Å². The first-order chi connectivity index (χ1) is 17.7. The van der Waals surface area contributed by atoms with Gasteiger partial charge in [-0.05, 0) is 67.2 Å². The van der Waals surface area contributed by atoms with Gasteiger partial charge in [0.05, 0.1) is 13.2 Å². The first-order valence-electron chi connectivity index (χ1n) is 12.6. The highest BCUT2D eigenvalue weighted by molar-refractivity contribution is 7.71. The molecule has 0 aliphatic carbocycles. The van der Waals surface area contributed by atoms with E-state index in [1.165, 1.54) is 27.7 Å². The van der Waals surface area contributed by atoms with E-state index in [4.69, 9.17) is 17.3 Å². The SMILES string of the molecule is Cc1[nH]c2ccccc2c1C1CCN(Cn2nc(-c3ccncc3)n(Cc3ccccc3)c2=S)CC1. The zero-order valence-electron chi connectivity index (χ0n) is 20.5. The Kier molecular flexibility index (Phi) is 6.25. The van der Waals surface area contributed by atoms with E-state index < -0.39 is 0 Å². The van der Waals surface area contributed by atoms with Crippen LogP contribution in [0, 0.1) is 11.7 Å². The number of hydrogen-bond donors (Lipinski definition) is 1. The maximum Gasteiger partial charge on any atom is 0.199 e. The number of piperidine rings is 1. The van der Waals surface area contributed by atoms with Gasteiger partial charge >= 0.3 is 0 Å². The summed E-state index contributed by atoms with van der Waals surface area (Å²) in [6.07, 6.45) is 5.89. The second kappa shape index (κ2) is 9.84. The summed E-state index contributed by atoms with van der Waals surface area (Å²) in [5.74, 6) is 1.46. The van der Waals surface area contributed by atoms with Crippen LogP contribution in [0.1, 0.15) is 35.6 Å². The average Bonchev–Trinajstić information content (AvgIpc) is 3.41. The summed E-state index contributed by atoms with van der Waals surface area (Å²) in [7, 11) is 0. The topological polar surface area (TPSA) is 54.7 Å². The van der Waals surface area contributed by atoms with E-state index >= 15 is 0 Å². The Labute approximate surface area is 216 Å². The molecule has 2 aromatic carbocycles. The average molecular weight is 495 g/mol. The summed E-state index contributed by atoms with van der Waals surface area (Å²) in [5.41, 5.74) is 6.27. The maximum absolute atomic E-state index is 5.96. The minimum atomic E-state index is 0.577. The number of fused-ring (bicyclic) bond motifs is 1. The molecule has 5 aromatic rings. The second-order valence-corrected chi connectivity index (χ2v) is 10.0. The van der Waals surface area contributed by atoms with Crippen molar-refractivity contribution in [3.05, 3.63) is 101 Å². The van der Waals surface area contributed by atoms with Gasteiger partial charge in [0.2, 0.25) is 0 Å². The number of rotatable bonds is 6. The van der Waals surface area contributed by atoms with E-state index in [1.54, 1.807) is 0 Å². The van der Waals surface area contributed by atoms with Crippen molar-refractivity contribution in [2.45, 2.75) is 38.9 Å². The number of hydrogen-bond acceptors (Lipinski definition) is 4. The van der Waals surface area contributed by atoms with Gasteiger partial charge in [0.15, 0.2) is 10.6 Å². The molecule has 0 unspecified atom stereocenters. The molecular formula is C29H30N6S. The number of pyridine rings is 1.